The van der Waals surface area contributed by atoms with Crippen molar-refractivity contribution in [2.75, 3.05) is 20.8 Å². The molecule has 1 aromatic heterocycles. The van der Waals surface area contributed by atoms with Gasteiger partial charge in [-0.05, 0) is 55.9 Å². The van der Waals surface area contributed by atoms with E-state index < -0.39 is 0 Å². The van der Waals surface area contributed by atoms with Crippen molar-refractivity contribution in [3.63, 3.8) is 0 Å². The van der Waals surface area contributed by atoms with Gasteiger partial charge in [0.15, 0.2) is 18.2 Å². The van der Waals surface area contributed by atoms with Gasteiger partial charge < -0.3 is 14.4 Å². The number of hydrogen-bond donors (Lipinski definition) is 1. The maximum Gasteiger partial charge on any atom is 0.207 e. The van der Waals surface area contributed by atoms with Crippen LogP contribution in [-0.2, 0) is 13.2 Å². The molecule has 0 saturated carbocycles. The van der Waals surface area contributed by atoms with Crippen molar-refractivity contribution in [1.82, 2.24) is 14.3 Å². The Hall–Kier alpha value is -2.64. The lowest BCUT2D eigenvalue weighted by Crippen LogP contribution is -3.07. The zero-order valence-electron chi connectivity index (χ0n) is 16.8. The average Bonchev–Trinajstić information content (AvgIpc) is 3.03. The topological polar surface area (TPSA) is 45.7 Å². The standard InChI is InChI=1S/C21H26N4O2S/c1-5-27-19-11-10-17(12-20(19)26-4)13-23(3)15-25-21(28)24(14-22-25)18-9-7-6-8-16(18)2/h6-12,14H,5,13,15H2,1-4H3/p+1. The number of nitrogens with zero attached hydrogens (tertiary/aromatic N) is 3. The fourth-order valence-electron chi connectivity index (χ4n) is 3.20. The monoisotopic (exact) mass is 399 g/mol. The molecule has 0 saturated heterocycles. The Kier molecular flexibility index (Phi) is 6.49. The molecule has 148 valence electrons. The van der Waals surface area contributed by atoms with E-state index in [1.165, 1.54) is 16.0 Å². The van der Waals surface area contributed by atoms with Gasteiger partial charge in [-0.15, -0.1) is 0 Å². The van der Waals surface area contributed by atoms with Crippen molar-refractivity contribution < 1.29 is 14.4 Å². The van der Waals surface area contributed by atoms with Crippen LogP contribution in [0.2, 0.25) is 0 Å². The average molecular weight is 400 g/mol. The van der Waals surface area contributed by atoms with Gasteiger partial charge >= 0.3 is 0 Å². The number of para-hydroxylation sites is 1. The quantitative estimate of drug-likeness (QED) is 0.592. The number of nitrogens with one attached hydrogen (secondary N) is 1. The first-order chi connectivity index (χ1) is 13.5. The summed E-state index contributed by atoms with van der Waals surface area (Å²) in [5, 5.41) is 4.50. The largest absolute Gasteiger partial charge is 0.493 e. The molecule has 1 unspecified atom stereocenters. The summed E-state index contributed by atoms with van der Waals surface area (Å²) in [6, 6.07) is 14.2. The molecule has 3 aromatic rings. The molecule has 0 spiro atoms. The summed E-state index contributed by atoms with van der Waals surface area (Å²) in [7, 11) is 3.78. The molecule has 0 aliphatic carbocycles. The highest BCUT2D eigenvalue weighted by atomic mass is 32.1. The summed E-state index contributed by atoms with van der Waals surface area (Å²) in [4.78, 5) is 1.26. The first-order valence-corrected chi connectivity index (χ1v) is 9.75. The normalized spacial score (nSPS) is 12.0. The third kappa shape index (κ3) is 4.43. The Bertz CT molecular complexity index is 996. The zero-order chi connectivity index (χ0) is 20.1. The molecular weight excluding hydrogens is 372 g/mol. The Labute approximate surface area is 170 Å². The van der Waals surface area contributed by atoms with Crippen LogP contribution in [0.15, 0.2) is 48.8 Å². The maximum atomic E-state index is 5.65. The highest BCUT2D eigenvalue weighted by molar-refractivity contribution is 7.71. The van der Waals surface area contributed by atoms with Crippen LogP contribution in [0.25, 0.3) is 5.69 Å². The lowest BCUT2D eigenvalue weighted by molar-refractivity contribution is -0.917. The maximum absolute atomic E-state index is 5.65. The fourth-order valence-corrected chi connectivity index (χ4v) is 3.46. The van der Waals surface area contributed by atoms with E-state index in [9.17, 15) is 0 Å². The molecule has 1 atom stereocenters. The molecule has 3 rings (SSSR count). The second-order valence-electron chi connectivity index (χ2n) is 6.78. The summed E-state index contributed by atoms with van der Waals surface area (Å²) in [5.74, 6) is 1.53. The molecule has 2 aromatic carbocycles. The van der Waals surface area contributed by atoms with E-state index in [0.717, 1.165) is 23.7 Å². The van der Waals surface area contributed by atoms with Crippen LogP contribution in [0.3, 0.4) is 0 Å². The Morgan fingerprint density at radius 3 is 2.64 bits per heavy atom. The third-order valence-electron chi connectivity index (χ3n) is 4.56. The first-order valence-electron chi connectivity index (χ1n) is 9.35. The molecular formula is C21H27N4O2S+. The molecule has 1 N–H and O–H groups in total. The van der Waals surface area contributed by atoms with Crippen molar-refractivity contribution >= 4 is 12.2 Å². The van der Waals surface area contributed by atoms with Gasteiger partial charge in [0, 0.05) is 5.56 Å². The van der Waals surface area contributed by atoms with Gasteiger partial charge in [0.1, 0.15) is 12.9 Å². The smallest absolute Gasteiger partial charge is 0.207 e. The van der Waals surface area contributed by atoms with Crippen molar-refractivity contribution in [2.45, 2.75) is 27.1 Å². The number of ether oxygens (including phenoxy) is 2. The van der Waals surface area contributed by atoms with Crippen molar-refractivity contribution in [2.24, 2.45) is 0 Å². The number of benzene rings is 2. The van der Waals surface area contributed by atoms with E-state index in [4.69, 9.17) is 21.7 Å². The van der Waals surface area contributed by atoms with Crippen LogP contribution < -0.4 is 14.4 Å². The number of rotatable bonds is 8. The minimum atomic E-state index is 0.614. The molecule has 0 aliphatic rings. The zero-order valence-corrected chi connectivity index (χ0v) is 17.6. The van der Waals surface area contributed by atoms with E-state index in [2.05, 4.69) is 37.3 Å². The van der Waals surface area contributed by atoms with Gasteiger partial charge in [0.05, 0.1) is 26.5 Å². The molecule has 28 heavy (non-hydrogen) atoms. The molecule has 0 fully saturated rings. The van der Waals surface area contributed by atoms with Crippen LogP contribution >= 0.6 is 12.2 Å². The second-order valence-corrected chi connectivity index (χ2v) is 7.14. The molecule has 1 heterocycles. The lowest BCUT2D eigenvalue weighted by Gasteiger charge is -2.15. The Morgan fingerprint density at radius 2 is 1.93 bits per heavy atom. The molecule has 0 bridgehead atoms. The van der Waals surface area contributed by atoms with E-state index in [1.807, 2.05) is 40.4 Å². The summed E-state index contributed by atoms with van der Waals surface area (Å²) in [6.45, 7) is 6.15. The van der Waals surface area contributed by atoms with E-state index >= 15 is 0 Å². The number of aryl methyl sites for hydroxylation is 1. The van der Waals surface area contributed by atoms with E-state index in [1.54, 1.807) is 13.4 Å². The van der Waals surface area contributed by atoms with Crippen molar-refractivity contribution in [1.29, 1.82) is 0 Å². The summed E-state index contributed by atoms with van der Waals surface area (Å²) in [5.41, 5.74) is 3.40. The Balaban J connectivity index is 1.73. The van der Waals surface area contributed by atoms with Crippen molar-refractivity contribution in [3.05, 3.63) is 64.7 Å². The van der Waals surface area contributed by atoms with Gasteiger partial charge in [0.2, 0.25) is 4.77 Å². The van der Waals surface area contributed by atoms with Crippen LogP contribution in [0.1, 0.15) is 18.1 Å². The molecule has 0 aliphatic heterocycles. The summed E-state index contributed by atoms with van der Waals surface area (Å²) in [6.07, 6.45) is 1.79. The second kappa shape index (κ2) is 9.03. The fraction of sp³-hybridized carbons (Fsp3) is 0.333. The minimum Gasteiger partial charge on any atom is -0.493 e. The minimum absolute atomic E-state index is 0.614. The van der Waals surface area contributed by atoms with Gasteiger partial charge in [-0.3, -0.25) is 4.57 Å². The van der Waals surface area contributed by atoms with Gasteiger partial charge in [-0.2, -0.15) is 9.78 Å². The molecule has 7 heteroatoms. The van der Waals surface area contributed by atoms with Gasteiger partial charge in [-0.1, -0.05) is 18.2 Å². The summed E-state index contributed by atoms with van der Waals surface area (Å²) >= 11 is 5.65. The molecule has 6 nitrogen and oxygen atoms in total. The highest BCUT2D eigenvalue weighted by Crippen LogP contribution is 2.27. The van der Waals surface area contributed by atoms with Gasteiger partial charge in [-0.25, -0.2) is 0 Å². The first kappa shape index (κ1) is 20.1. The van der Waals surface area contributed by atoms with Crippen LogP contribution in [0, 0.1) is 11.7 Å². The van der Waals surface area contributed by atoms with Gasteiger partial charge in [0.25, 0.3) is 0 Å². The SMILES string of the molecule is CCOc1ccc(C[NH+](C)Cn2ncn(-c3ccccc3C)c2=S)cc1OC. The summed E-state index contributed by atoms with van der Waals surface area (Å²) < 4.78 is 15.6. The number of quaternary nitrogens is 1. The van der Waals surface area contributed by atoms with E-state index in [-0.39, 0.29) is 0 Å². The number of hydrogen-bond acceptors (Lipinski definition) is 4. The van der Waals surface area contributed by atoms with Crippen LogP contribution in [-0.4, -0.2) is 35.1 Å². The number of methoxy groups -OCH3 is 1. The van der Waals surface area contributed by atoms with Crippen LogP contribution in [0.5, 0.6) is 11.5 Å². The van der Waals surface area contributed by atoms with Crippen molar-refractivity contribution in [3.8, 4) is 17.2 Å². The molecule has 0 radical (unpaired) electrons. The number of aromatic nitrogens is 3. The Morgan fingerprint density at radius 1 is 1.14 bits per heavy atom. The van der Waals surface area contributed by atoms with E-state index in [0.29, 0.717) is 18.0 Å². The lowest BCUT2D eigenvalue weighted by atomic mass is 10.2. The predicted molar refractivity (Wildman–Crippen MR) is 112 cm³/mol. The molecule has 0 amide bonds. The highest BCUT2D eigenvalue weighted by Gasteiger charge is 2.12. The van der Waals surface area contributed by atoms with Crippen LogP contribution in [0.4, 0.5) is 0 Å². The third-order valence-corrected chi connectivity index (χ3v) is 4.97. The predicted octanol–water partition coefficient (Wildman–Crippen LogP) is 2.79.